The van der Waals surface area contributed by atoms with Crippen molar-refractivity contribution in [3.05, 3.63) is 68.5 Å². The number of rotatable bonds is 4. The van der Waals surface area contributed by atoms with Crippen molar-refractivity contribution in [3.63, 3.8) is 0 Å². The third-order valence-electron chi connectivity index (χ3n) is 6.27. The molecule has 0 amide bonds. The van der Waals surface area contributed by atoms with Crippen molar-refractivity contribution in [2.24, 2.45) is 11.8 Å². The second kappa shape index (κ2) is 8.39. The first-order chi connectivity index (χ1) is 15.4. The van der Waals surface area contributed by atoms with Gasteiger partial charge < -0.3 is 9.47 Å². The standard InChI is InChI=1S/C24H23ClFN3O3/c1-13(15-5-6-31-10-15)7-14(2)20-9-22-27-21-12-32-11-18(21)24(30)29(22)23(28-20)17-4-3-16(25)8-19(17)26/h3-4,7-9,13,15H,5-6,10-12H2,1-2H3/b14-7+. The molecule has 2 atom stereocenters. The Bertz CT molecular complexity index is 1300. The number of aromatic nitrogens is 3. The van der Waals surface area contributed by atoms with Gasteiger partial charge in [0.15, 0.2) is 5.82 Å². The quantitative estimate of drug-likeness (QED) is 0.572. The third kappa shape index (κ3) is 3.74. The Hall–Kier alpha value is -2.61. The fourth-order valence-electron chi connectivity index (χ4n) is 4.39. The molecule has 1 aromatic carbocycles. The SMILES string of the molecule is C/C(=C\C(C)C1CCOC1)c1cc2nc3c(c(=O)n2c(-c2ccc(Cl)cc2F)n1)COC3. The monoisotopic (exact) mass is 455 g/mol. The number of halogens is 2. The van der Waals surface area contributed by atoms with Gasteiger partial charge in [0, 0.05) is 17.7 Å². The molecule has 1 saturated heterocycles. The molecule has 1 fully saturated rings. The summed E-state index contributed by atoms with van der Waals surface area (Å²) >= 11 is 5.95. The minimum atomic E-state index is -0.551. The molecular formula is C24H23ClFN3O3. The van der Waals surface area contributed by atoms with Crippen LogP contribution in [0, 0.1) is 17.7 Å². The summed E-state index contributed by atoms with van der Waals surface area (Å²) in [4.78, 5) is 22.6. The number of nitrogens with zero attached hydrogens (tertiary/aromatic N) is 3. The van der Waals surface area contributed by atoms with Gasteiger partial charge in [-0.1, -0.05) is 24.6 Å². The lowest BCUT2D eigenvalue weighted by molar-refractivity contribution is 0.133. The lowest BCUT2D eigenvalue weighted by atomic mass is 9.91. The Morgan fingerprint density at radius 1 is 1.28 bits per heavy atom. The summed E-state index contributed by atoms with van der Waals surface area (Å²) < 4.78 is 27.2. The Morgan fingerprint density at radius 3 is 2.88 bits per heavy atom. The molecule has 0 N–H and O–H groups in total. The van der Waals surface area contributed by atoms with Gasteiger partial charge in [0.1, 0.15) is 11.5 Å². The van der Waals surface area contributed by atoms with Crippen molar-refractivity contribution in [1.82, 2.24) is 14.4 Å². The van der Waals surface area contributed by atoms with Crippen LogP contribution >= 0.6 is 11.6 Å². The van der Waals surface area contributed by atoms with Crippen LogP contribution in [-0.4, -0.2) is 27.6 Å². The summed E-state index contributed by atoms with van der Waals surface area (Å²) in [6, 6.07) is 6.12. The first-order valence-electron chi connectivity index (χ1n) is 10.7. The average molecular weight is 456 g/mol. The maximum atomic E-state index is 14.9. The smallest absolute Gasteiger partial charge is 0.265 e. The molecule has 3 aromatic rings. The molecule has 0 radical (unpaired) electrons. The van der Waals surface area contributed by atoms with Crippen LogP contribution in [0.15, 0.2) is 35.1 Å². The van der Waals surface area contributed by atoms with Gasteiger partial charge in [0.25, 0.3) is 5.56 Å². The number of hydrogen-bond donors (Lipinski definition) is 0. The van der Waals surface area contributed by atoms with Gasteiger partial charge in [-0.3, -0.25) is 4.79 Å². The van der Waals surface area contributed by atoms with Gasteiger partial charge in [-0.25, -0.2) is 18.8 Å². The van der Waals surface area contributed by atoms with Crippen molar-refractivity contribution in [1.29, 1.82) is 0 Å². The van der Waals surface area contributed by atoms with E-state index >= 15 is 0 Å². The first kappa shape index (κ1) is 21.2. The molecule has 0 aliphatic carbocycles. The van der Waals surface area contributed by atoms with Gasteiger partial charge in [-0.05, 0) is 49.0 Å². The molecule has 4 heterocycles. The molecule has 166 valence electrons. The van der Waals surface area contributed by atoms with Gasteiger partial charge >= 0.3 is 0 Å². The highest BCUT2D eigenvalue weighted by Gasteiger charge is 2.24. The Morgan fingerprint density at radius 2 is 2.12 bits per heavy atom. The van der Waals surface area contributed by atoms with Crippen LogP contribution < -0.4 is 5.56 Å². The molecule has 6 nitrogen and oxygen atoms in total. The normalized spacial score (nSPS) is 19.5. The highest BCUT2D eigenvalue weighted by molar-refractivity contribution is 6.30. The predicted octanol–water partition coefficient (Wildman–Crippen LogP) is 4.66. The summed E-state index contributed by atoms with van der Waals surface area (Å²) in [7, 11) is 0. The largest absolute Gasteiger partial charge is 0.381 e. The van der Waals surface area contributed by atoms with E-state index in [0.29, 0.717) is 34.4 Å². The Balaban J connectivity index is 1.72. The fourth-order valence-corrected chi connectivity index (χ4v) is 4.55. The number of ether oxygens (including phenoxy) is 2. The molecular weight excluding hydrogens is 433 g/mol. The van der Waals surface area contributed by atoms with Crippen LogP contribution in [0.2, 0.25) is 5.02 Å². The van der Waals surface area contributed by atoms with E-state index in [2.05, 4.69) is 18.0 Å². The zero-order valence-corrected chi connectivity index (χ0v) is 18.7. The van der Waals surface area contributed by atoms with Crippen molar-refractivity contribution in [2.75, 3.05) is 13.2 Å². The van der Waals surface area contributed by atoms with Gasteiger partial charge in [0.2, 0.25) is 0 Å². The van der Waals surface area contributed by atoms with Gasteiger partial charge in [-0.15, -0.1) is 0 Å². The van der Waals surface area contributed by atoms with E-state index < -0.39 is 5.82 Å². The van der Waals surface area contributed by atoms with Crippen LogP contribution in [0.3, 0.4) is 0 Å². The molecule has 0 bridgehead atoms. The van der Waals surface area contributed by atoms with E-state index in [-0.39, 0.29) is 35.2 Å². The molecule has 2 aromatic heterocycles. The van der Waals surface area contributed by atoms with Crippen LogP contribution in [0.4, 0.5) is 4.39 Å². The summed E-state index contributed by atoms with van der Waals surface area (Å²) in [5.41, 5.74) is 3.00. The lowest BCUT2D eigenvalue weighted by Crippen LogP contribution is -2.23. The highest BCUT2D eigenvalue weighted by atomic mass is 35.5. The fraction of sp³-hybridized carbons (Fsp3) is 0.375. The second-order valence-electron chi connectivity index (χ2n) is 8.45. The minimum Gasteiger partial charge on any atom is -0.381 e. The van der Waals surface area contributed by atoms with Crippen molar-refractivity contribution in [2.45, 2.75) is 33.5 Å². The van der Waals surface area contributed by atoms with Crippen LogP contribution in [-0.2, 0) is 22.7 Å². The van der Waals surface area contributed by atoms with E-state index in [1.165, 1.54) is 16.5 Å². The lowest BCUT2D eigenvalue weighted by Gasteiger charge is -2.16. The number of fused-ring (bicyclic) bond motifs is 2. The molecule has 2 unspecified atom stereocenters. The van der Waals surface area contributed by atoms with Crippen LogP contribution in [0.1, 0.15) is 37.2 Å². The van der Waals surface area contributed by atoms with Crippen LogP contribution in [0.25, 0.3) is 22.6 Å². The molecule has 8 heteroatoms. The van der Waals surface area contributed by atoms with Crippen molar-refractivity contribution < 1.29 is 13.9 Å². The van der Waals surface area contributed by atoms with E-state index in [9.17, 15) is 9.18 Å². The summed E-state index contributed by atoms with van der Waals surface area (Å²) in [6.07, 6.45) is 3.19. The maximum absolute atomic E-state index is 14.9. The molecule has 32 heavy (non-hydrogen) atoms. The number of allylic oxidation sites excluding steroid dienone is 2. The molecule has 2 aliphatic heterocycles. The second-order valence-corrected chi connectivity index (χ2v) is 8.89. The zero-order valence-electron chi connectivity index (χ0n) is 17.9. The predicted molar refractivity (Wildman–Crippen MR) is 120 cm³/mol. The van der Waals surface area contributed by atoms with E-state index in [0.717, 1.165) is 25.2 Å². The molecule has 2 aliphatic rings. The number of benzene rings is 1. The summed E-state index contributed by atoms with van der Waals surface area (Å²) in [5.74, 6) is 0.406. The van der Waals surface area contributed by atoms with Gasteiger partial charge in [0.05, 0.1) is 42.3 Å². The summed E-state index contributed by atoms with van der Waals surface area (Å²) in [5, 5.41) is 0.273. The Kier molecular flexibility index (Phi) is 5.57. The van der Waals surface area contributed by atoms with Crippen LogP contribution in [0.5, 0.6) is 0 Å². The maximum Gasteiger partial charge on any atom is 0.265 e. The van der Waals surface area contributed by atoms with E-state index in [1.54, 1.807) is 12.1 Å². The molecule has 5 rings (SSSR count). The average Bonchev–Trinajstić information content (AvgIpc) is 3.45. The minimum absolute atomic E-state index is 0.189. The first-order valence-corrected chi connectivity index (χ1v) is 11.1. The highest BCUT2D eigenvalue weighted by Crippen LogP contribution is 2.29. The number of hydrogen-bond acceptors (Lipinski definition) is 5. The zero-order chi connectivity index (χ0) is 22.4. The Labute approximate surface area is 189 Å². The van der Waals surface area contributed by atoms with Crippen molar-refractivity contribution in [3.8, 4) is 11.4 Å². The third-order valence-corrected chi connectivity index (χ3v) is 6.51. The summed E-state index contributed by atoms with van der Waals surface area (Å²) in [6.45, 7) is 6.15. The molecule has 0 spiro atoms. The van der Waals surface area contributed by atoms with Crippen molar-refractivity contribution >= 4 is 22.8 Å². The van der Waals surface area contributed by atoms with E-state index in [1.807, 2.05) is 6.92 Å². The van der Waals surface area contributed by atoms with E-state index in [4.69, 9.17) is 26.1 Å². The van der Waals surface area contributed by atoms with Gasteiger partial charge in [-0.2, -0.15) is 0 Å². The topological polar surface area (TPSA) is 65.7 Å². The molecule has 0 saturated carbocycles.